The van der Waals surface area contributed by atoms with Gasteiger partial charge in [-0.25, -0.2) is 4.79 Å². The highest BCUT2D eigenvalue weighted by atomic mass is 16.5. The van der Waals surface area contributed by atoms with Gasteiger partial charge in [-0.2, -0.15) is 5.10 Å². The lowest BCUT2D eigenvalue weighted by molar-refractivity contribution is -0.154. The summed E-state index contributed by atoms with van der Waals surface area (Å²) in [4.78, 5) is 25.0. The van der Waals surface area contributed by atoms with E-state index in [9.17, 15) is 9.59 Å². The summed E-state index contributed by atoms with van der Waals surface area (Å²) in [5.41, 5.74) is 1.58. The summed E-state index contributed by atoms with van der Waals surface area (Å²) in [6.07, 6.45) is 2.64. The second-order valence-corrected chi connectivity index (χ2v) is 5.35. The van der Waals surface area contributed by atoms with E-state index in [1.807, 2.05) is 24.4 Å². The van der Waals surface area contributed by atoms with Crippen molar-refractivity contribution in [3.8, 4) is 0 Å². The second kappa shape index (κ2) is 6.62. The molecule has 3 rings (SSSR count). The van der Waals surface area contributed by atoms with Gasteiger partial charge in [-0.1, -0.05) is 12.1 Å². The van der Waals surface area contributed by atoms with Crippen LogP contribution in [0.2, 0.25) is 0 Å². The predicted octanol–water partition coefficient (Wildman–Crippen LogP) is 0.857. The third-order valence-corrected chi connectivity index (χ3v) is 3.73. The van der Waals surface area contributed by atoms with Gasteiger partial charge < -0.3 is 14.7 Å². The summed E-state index contributed by atoms with van der Waals surface area (Å²) < 4.78 is 6.93. The Balaban J connectivity index is 1.66. The predicted molar refractivity (Wildman–Crippen MR) is 81.1 cm³/mol. The van der Waals surface area contributed by atoms with Gasteiger partial charge in [0.1, 0.15) is 0 Å². The van der Waals surface area contributed by atoms with Crippen molar-refractivity contribution in [1.82, 2.24) is 14.7 Å². The number of aliphatic carboxylic acids is 1. The van der Waals surface area contributed by atoms with Crippen LogP contribution in [-0.4, -0.2) is 57.5 Å². The lowest BCUT2D eigenvalue weighted by Gasteiger charge is -2.30. The number of carbonyl (C=O) groups is 2. The van der Waals surface area contributed by atoms with Crippen molar-refractivity contribution in [2.45, 2.75) is 12.6 Å². The minimum Gasteiger partial charge on any atom is -0.479 e. The Bertz CT molecular complexity index is 682. The van der Waals surface area contributed by atoms with Crippen molar-refractivity contribution in [3.63, 3.8) is 0 Å². The SMILES string of the molecule is O=C(O)C1CN(C(=O)c2ccc(Cn3cccn3)cc2)CCO1. The molecule has 1 N–H and O–H groups in total. The third-order valence-electron chi connectivity index (χ3n) is 3.73. The van der Waals surface area contributed by atoms with E-state index in [0.29, 0.717) is 18.7 Å². The van der Waals surface area contributed by atoms with Gasteiger partial charge in [0.25, 0.3) is 5.91 Å². The van der Waals surface area contributed by atoms with Crippen molar-refractivity contribution in [3.05, 3.63) is 53.9 Å². The number of hydrogen-bond acceptors (Lipinski definition) is 4. The van der Waals surface area contributed by atoms with Gasteiger partial charge in [-0.05, 0) is 23.8 Å². The number of benzene rings is 1. The van der Waals surface area contributed by atoms with Crippen molar-refractivity contribution >= 4 is 11.9 Å². The molecule has 2 aromatic rings. The van der Waals surface area contributed by atoms with Crippen LogP contribution in [0.4, 0.5) is 0 Å². The molecule has 2 heterocycles. The first kappa shape index (κ1) is 15.2. The van der Waals surface area contributed by atoms with Gasteiger partial charge in [0, 0.05) is 24.5 Å². The highest BCUT2D eigenvalue weighted by molar-refractivity contribution is 5.94. The van der Waals surface area contributed by atoms with Crippen LogP contribution in [0.25, 0.3) is 0 Å². The fourth-order valence-corrected chi connectivity index (χ4v) is 2.50. The van der Waals surface area contributed by atoms with Gasteiger partial charge in [0.15, 0.2) is 6.10 Å². The molecule has 0 spiro atoms. The first-order valence-electron chi connectivity index (χ1n) is 7.33. The molecule has 7 nitrogen and oxygen atoms in total. The molecule has 120 valence electrons. The Hall–Kier alpha value is -2.67. The number of carboxylic acids is 1. The smallest absolute Gasteiger partial charge is 0.334 e. The van der Waals surface area contributed by atoms with E-state index < -0.39 is 12.1 Å². The Morgan fingerprint density at radius 2 is 2.09 bits per heavy atom. The van der Waals surface area contributed by atoms with Crippen LogP contribution in [0.5, 0.6) is 0 Å². The zero-order chi connectivity index (χ0) is 16.2. The largest absolute Gasteiger partial charge is 0.479 e. The number of aromatic nitrogens is 2. The van der Waals surface area contributed by atoms with Crippen molar-refractivity contribution in [1.29, 1.82) is 0 Å². The summed E-state index contributed by atoms with van der Waals surface area (Å²) >= 11 is 0. The van der Waals surface area contributed by atoms with Crippen LogP contribution in [0.15, 0.2) is 42.7 Å². The maximum absolute atomic E-state index is 12.5. The number of morpholine rings is 1. The van der Waals surface area contributed by atoms with Gasteiger partial charge in [-0.15, -0.1) is 0 Å². The number of carboxylic acid groups (broad SMARTS) is 1. The molecule has 23 heavy (non-hydrogen) atoms. The van der Waals surface area contributed by atoms with Gasteiger partial charge in [0.05, 0.1) is 19.7 Å². The summed E-state index contributed by atoms with van der Waals surface area (Å²) in [7, 11) is 0. The van der Waals surface area contributed by atoms with Gasteiger partial charge in [0.2, 0.25) is 0 Å². The number of nitrogens with zero attached hydrogens (tertiary/aromatic N) is 3. The Morgan fingerprint density at radius 3 is 2.74 bits per heavy atom. The molecule has 0 radical (unpaired) electrons. The minimum atomic E-state index is -1.04. The maximum Gasteiger partial charge on any atom is 0.334 e. The van der Waals surface area contributed by atoms with Gasteiger partial charge in [-0.3, -0.25) is 9.48 Å². The molecule has 1 aromatic heterocycles. The Labute approximate surface area is 133 Å². The molecule has 0 saturated carbocycles. The second-order valence-electron chi connectivity index (χ2n) is 5.35. The lowest BCUT2D eigenvalue weighted by Crippen LogP contribution is -2.48. The van der Waals surface area contributed by atoms with Crippen LogP contribution >= 0.6 is 0 Å². The fourth-order valence-electron chi connectivity index (χ4n) is 2.50. The molecule has 0 aliphatic carbocycles. The molecular weight excluding hydrogens is 298 g/mol. The summed E-state index contributed by atoms with van der Waals surface area (Å²) in [6, 6.07) is 9.13. The molecule has 7 heteroatoms. The fraction of sp³-hybridized carbons (Fsp3) is 0.312. The quantitative estimate of drug-likeness (QED) is 0.904. The number of hydrogen-bond donors (Lipinski definition) is 1. The summed E-state index contributed by atoms with van der Waals surface area (Å²) in [5.74, 6) is -1.22. The van der Waals surface area contributed by atoms with E-state index in [2.05, 4.69) is 5.10 Å². The van der Waals surface area contributed by atoms with E-state index in [4.69, 9.17) is 9.84 Å². The van der Waals surface area contributed by atoms with Crippen LogP contribution in [0, 0.1) is 0 Å². The topological polar surface area (TPSA) is 84.7 Å². The van der Waals surface area contributed by atoms with E-state index in [1.165, 1.54) is 4.90 Å². The van der Waals surface area contributed by atoms with Crippen LogP contribution in [-0.2, 0) is 16.1 Å². The zero-order valence-corrected chi connectivity index (χ0v) is 12.5. The number of carbonyl (C=O) groups excluding carboxylic acids is 1. The van der Waals surface area contributed by atoms with Gasteiger partial charge >= 0.3 is 5.97 Å². The zero-order valence-electron chi connectivity index (χ0n) is 12.5. The van der Waals surface area contributed by atoms with E-state index >= 15 is 0 Å². The molecule has 1 fully saturated rings. The molecule has 0 bridgehead atoms. The number of ether oxygens (including phenoxy) is 1. The van der Waals surface area contributed by atoms with Crippen molar-refractivity contribution < 1.29 is 19.4 Å². The Kier molecular flexibility index (Phi) is 4.38. The van der Waals surface area contributed by atoms with E-state index in [1.54, 1.807) is 23.0 Å². The van der Waals surface area contributed by atoms with Crippen LogP contribution in [0.1, 0.15) is 15.9 Å². The molecular formula is C16H17N3O4. The monoisotopic (exact) mass is 315 g/mol. The number of amides is 1. The summed E-state index contributed by atoms with van der Waals surface area (Å²) in [6.45, 7) is 1.35. The first-order chi connectivity index (χ1) is 11.1. The molecule has 1 atom stereocenters. The van der Waals surface area contributed by atoms with Crippen LogP contribution in [0.3, 0.4) is 0 Å². The lowest BCUT2D eigenvalue weighted by atomic mass is 10.1. The molecule has 1 aliphatic heterocycles. The highest BCUT2D eigenvalue weighted by Gasteiger charge is 2.29. The van der Waals surface area contributed by atoms with Crippen LogP contribution < -0.4 is 0 Å². The third kappa shape index (κ3) is 3.57. The van der Waals surface area contributed by atoms with Crippen molar-refractivity contribution in [2.24, 2.45) is 0 Å². The molecule has 1 aliphatic rings. The van der Waals surface area contributed by atoms with E-state index in [-0.39, 0.29) is 19.1 Å². The molecule has 1 saturated heterocycles. The van der Waals surface area contributed by atoms with E-state index in [0.717, 1.165) is 5.56 Å². The summed E-state index contributed by atoms with van der Waals surface area (Å²) in [5, 5.41) is 13.1. The average Bonchev–Trinajstić information content (AvgIpc) is 3.08. The molecule has 1 unspecified atom stereocenters. The highest BCUT2D eigenvalue weighted by Crippen LogP contribution is 2.12. The normalized spacial score (nSPS) is 17.9. The Morgan fingerprint density at radius 1 is 1.30 bits per heavy atom. The maximum atomic E-state index is 12.5. The van der Waals surface area contributed by atoms with Crippen molar-refractivity contribution in [2.75, 3.05) is 19.7 Å². The molecule has 1 amide bonds. The molecule has 1 aromatic carbocycles. The first-order valence-corrected chi connectivity index (χ1v) is 7.33. The standard InChI is InChI=1S/C16H17N3O4/c20-15(18-8-9-23-14(11-18)16(21)22)13-4-2-12(3-5-13)10-19-7-1-6-17-19/h1-7,14H,8-11H2,(H,21,22). The number of rotatable bonds is 4. The average molecular weight is 315 g/mol. The minimum absolute atomic E-state index is 0.0726.